The van der Waals surface area contributed by atoms with Gasteiger partial charge in [-0.25, -0.2) is 0 Å². The number of Topliss-reactive ketones (excluding diaryl/α,β-unsaturated/α-hetero) is 1. The van der Waals surface area contributed by atoms with E-state index < -0.39 is 12.0 Å². The lowest BCUT2D eigenvalue weighted by Gasteiger charge is -2.05. The van der Waals surface area contributed by atoms with E-state index in [0.29, 0.717) is 5.75 Å². The second-order valence-corrected chi connectivity index (χ2v) is 5.10. The van der Waals surface area contributed by atoms with Crippen LogP contribution >= 0.6 is 11.8 Å². The van der Waals surface area contributed by atoms with Gasteiger partial charge in [-0.2, -0.15) is 0 Å². The largest absolute Gasteiger partial charge is 0.480 e. The van der Waals surface area contributed by atoms with Gasteiger partial charge in [0.2, 0.25) is 0 Å². The molecule has 0 amide bonds. The van der Waals surface area contributed by atoms with Crippen molar-refractivity contribution in [2.24, 2.45) is 0 Å². The van der Waals surface area contributed by atoms with Gasteiger partial charge in [-0.15, -0.1) is 11.8 Å². The van der Waals surface area contributed by atoms with Crippen LogP contribution in [0.2, 0.25) is 0 Å². The maximum Gasteiger partial charge on any atom is 0.321 e. The second-order valence-electron chi connectivity index (χ2n) is 3.96. The molecule has 0 saturated carbocycles. The van der Waals surface area contributed by atoms with Crippen LogP contribution in [0.15, 0.2) is 24.3 Å². The molecule has 2 aliphatic carbocycles. The van der Waals surface area contributed by atoms with Crippen molar-refractivity contribution in [2.45, 2.75) is 18.3 Å². The van der Waals surface area contributed by atoms with Crippen molar-refractivity contribution in [1.82, 2.24) is 5.32 Å². The molecule has 3 rings (SSSR count). The topological polar surface area (TPSA) is 66.4 Å². The summed E-state index contributed by atoms with van der Waals surface area (Å²) in [6, 6.07) is 7.92. The van der Waals surface area contributed by atoms with Gasteiger partial charge in [-0.1, -0.05) is 18.2 Å². The van der Waals surface area contributed by atoms with E-state index in [1.807, 2.05) is 0 Å². The first-order valence-corrected chi connectivity index (χ1v) is 6.34. The number of aliphatic carboxylic acids is 1. The summed E-state index contributed by atoms with van der Waals surface area (Å²) >= 11 is 1.35. The highest BCUT2D eigenvalue weighted by Gasteiger charge is 2.31. The smallest absolute Gasteiger partial charge is 0.321 e. The van der Waals surface area contributed by atoms with Crippen molar-refractivity contribution in [3.05, 3.63) is 24.3 Å². The summed E-state index contributed by atoms with van der Waals surface area (Å²) in [4.78, 5) is 21.1. The lowest BCUT2D eigenvalue weighted by molar-refractivity contribution is -0.138. The Morgan fingerprint density at radius 2 is 2.06 bits per heavy atom. The fraction of sp³-hybridized carbons (Fsp3) is 0.333. The van der Waals surface area contributed by atoms with Crippen LogP contribution in [-0.4, -0.2) is 34.0 Å². The third-order valence-electron chi connectivity index (χ3n) is 2.56. The van der Waals surface area contributed by atoms with E-state index in [-0.39, 0.29) is 11.2 Å². The number of fused-ring (bicyclic) bond motifs is 1. The van der Waals surface area contributed by atoms with Crippen molar-refractivity contribution in [3.8, 4) is 11.1 Å². The number of carboxylic acid groups (broad SMARTS) is 1. The molecule has 0 aromatic carbocycles. The minimum atomic E-state index is -0.888. The van der Waals surface area contributed by atoms with Gasteiger partial charge in [0.1, 0.15) is 11.4 Å². The Hall–Kier alpha value is -1.33. The van der Waals surface area contributed by atoms with E-state index in [9.17, 15) is 9.59 Å². The van der Waals surface area contributed by atoms with Crippen molar-refractivity contribution in [2.75, 3.05) is 5.75 Å². The first-order chi connectivity index (χ1) is 8.08. The van der Waals surface area contributed by atoms with Gasteiger partial charge in [0, 0.05) is 5.75 Å². The van der Waals surface area contributed by atoms with E-state index in [1.165, 1.54) is 29.8 Å². The first kappa shape index (κ1) is 12.1. The summed E-state index contributed by atoms with van der Waals surface area (Å²) in [5.41, 5.74) is 2.85. The molecule has 1 fully saturated rings. The zero-order chi connectivity index (χ0) is 12.4. The molecular formula is C12H13NO3S. The molecule has 0 bridgehead atoms. The average Bonchev–Trinajstić information content (AvgIpc) is 2.74. The van der Waals surface area contributed by atoms with Gasteiger partial charge in [0.15, 0.2) is 5.78 Å². The van der Waals surface area contributed by atoms with E-state index in [0.717, 1.165) is 0 Å². The molecule has 90 valence electrons. The van der Waals surface area contributed by atoms with Crippen LogP contribution in [0.25, 0.3) is 11.1 Å². The zero-order valence-electron chi connectivity index (χ0n) is 9.34. The second kappa shape index (κ2) is 4.89. The number of benzene rings is 1. The van der Waals surface area contributed by atoms with Crippen LogP contribution in [0, 0.1) is 0 Å². The van der Waals surface area contributed by atoms with Crippen LogP contribution in [0.5, 0.6) is 0 Å². The van der Waals surface area contributed by atoms with Crippen molar-refractivity contribution >= 4 is 23.5 Å². The molecule has 2 N–H and O–H groups in total. The standard InChI is InChI=1S/C6H9NO3S.C6H4/c1-3(8)5-7-4(2-11-5)6(9)10;1-2-5-4-6(5)3-1/h4-5,7H,2H2,1H3,(H,9,10);1-4H. The molecule has 1 heterocycles. The van der Waals surface area contributed by atoms with Gasteiger partial charge in [-0.05, 0) is 24.1 Å². The Balaban J connectivity index is 0.000000148. The number of rotatable bonds is 2. The van der Waals surface area contributed by atoms with Gasteiger partial charge in [0.05, 0.1) is 0 Å². The molecule has 5 heteroatoms. The van der Waals surface area contributed by atoms with Gasteiger partial charge in [-0.3, -0.25) is 14.9 Å². The molecule has 0 aromatic rings. The maximum atomic E-state index is 10.7. The van der Waals surface area contributed by atoms with Crippen LogP contribution < -0.4 is 5.32 Å². The van der Waals surface area contributed by atoms with E-state index in [2.05, 4.69) is 29.6 Å². The third kappa shape index (κ3) is 3.08. The third-order valence-corrected chi connectivity index (χ3v) is 3.89. The lowest BCUT2D eigenvalue weighted by Crippen LogP contribution is -2.39. The summed E-state index contributed by atoms with van der Waals surface area (Å²) in [7, 11) is 0. The summed E-state index contributed by atoms with van der Waals surface area (Å²) in [5.74, 6) is -0.431. The normalized spacial score (nSPS) is 23.6. The summed E-state index contributed by atoms with van der Waals surface area (Å²) in [6.07, 6.45) is 0. The molecule has 1 aliphatic heterocycles. The number of carboxylic acids is 1. The monoisotopic (exact) mass is 251 g/mol. The molecule has 0 aromatic heterocycles. The van der Waals surface area contributed by atoms with Gasteiger partial charge < -0.3 is 5.11 Å². The Labute approximate surface area is 103 Å². The molecule has 2 unspecified atom stereocenters. The molecule has 2 atom stereocenters. The average molecular weight is 251 g/mol. The van der Waals surface area contributed by atoms with Gasteiger partial charge >= 0.3 is 5.97 Å². The molecular weight excluding hydrogens is 238 g/mol. The molecule has 0 spiro atoms. The van der Waals surface area contributed by atoms with E-state index in [4.69, 9.17) is 5.11 Å². The predicted octanol–water partition coefficient (Wildman–Crippen LogP) is 1.36. The summed E-state index contributed by atoms with van der Waals surface area (Å²) < 4.78 is 0. The summed E-state index contributed by atoms with van der Waals surface area (Å²) in [5, 5.41) is 10.9. The number of thioether (sulfide) groups is 1. The van der Waals surface area contributed by atoms with Crippen molar-refractivity contribution in [3.63, 3.8) is 0 Å². The molecule has 0 radical (unpaired) electrons. The van der Waals surface area contributed by atoms with Crippen LogP contribution in [0.3, 0.4) is 0 Å². The minimum Gasteiger partial charge on any atom is -0.480 e. The van der Waals surface area contributed by atoms with Crippen LogP contribution in [0.1, 0.15) is 6.92 Å². The Morgan fingerprint density at radius 1 is 1.41 bits per heavy atom. The highest BCUT2D eigenvalue weighted by atomic mass is 32.2. The van der Waals surface area contributed by atoms with Crippen molar-refractivity contribution < 1.29 is 14.7 Å². The number of ketones is 1. The molecule has 17 heavy (non-hydrogen) atoms. The van der Waals surface area contributed by atoms with Crippen LogP contribution in [0.4, 0.5) is 0 Å². The maximum absolute atomic E-state index is 10.7. The fourth-order valence-electron chi connectivity index (χ4n) is 1.52. The highest BCUT2D eigenvalue weighted by molar-refractivity contribution is 8.00. The Morgan fingerprint density at radius 3 is 2.29 bits per heavy atom. The fourth-order valence-corrected chi connectivity index (χ4v) is 2.64. The molecule has 3 aliphatic rings. The van der Waals surface area contributed by atoms with E-state index in [1.54, 1.807) is 0 Å². The number of carbonyl (C=O) groups excluding carboxylic acids is 1. The lowest BCUT2D eigenvalue weighted by atomic mass is 10.3. The number of hydrogen-bond acceptors (Lipinski definition) is 4. The minimum absolute atomic E-state index is 0.0150. The Bertz CT molecular complexity index is 424. The zero-order valence-corrected chi connectivity index (χ0v) is 10.2. The number of nitrogens with one attached hydrogen (secondary N) is 1. The number of hydrogen-bond donors (Lipinski definition) is 2. The quantitative estimate of drug-likeness (QED) is 0.843. The van der Waals surface area contributed by atoms with Crippen LogP contribution in [-0.2, 0) is 9.59 Å². The molecule has 4 nitrogen and oxygen atoms in total. The Kier molecular flexibility index (Phi) is 3.49. The highest BCUT2D eigenvalue weighted by Crippen LogP contribution is 2.32. The first-order valence-electron chi connectivity index (χ1n) is 5.29. The molecule has 1 saturated heterocycles. The van der Waals surface area contributed by atoms with E-state index >= 15 is 0 Å². The van der Waals surface area contributed by atoms with Gasteiger partial charge in [0.25, 0.3) is 0 Å². The SMILES string of the molecule is CC(=O)C1NC(C(=O)O)CS1.c1cc2cc-2c1. The number of carbonyl (C=O) groups is 2. The summed E-state index contributed by atoms with van der Waals surface area (Å²) in [6.45, 7) is 1.45. The predicted molar refractivity (Wildman–Crippen MR) is 66.9 cm³/mol. The van der Waals surface area contributed by atoms with Crippen molar-refractivity contribution in [1.29, 1.82) is 0 Å².